The van der Waals surface area contributed by atoms with Crippen molar-refractivity contribution in [1.82, 2.24) is 15.2 Å². The molecule has 0 radical (unpaired) electrons. The molecule has 1 aromatic heterocycles. The average molecular weight is 312 g/mol. The lowest BCUT2D eigenvalue weighted by atomic mass is 10.1. The molecule has 21 heavy (non-hydrogen) atoms. The van der Waals surface area contributed by atoms with Gasteiger partial charge in [0.2, 0.25) is 0 Å². The maximum absolute atomic E-state index is 5.02. The molecule has 5 nitrogen and oxygen atoms in total. The first kappa shape index (κ1) is 16.7. The van der Waals surface area contributed by atoms with Gasteiger partial charge in [0.25, 0.3) is 0 Å². The highest BCUT2D eigenvalue weighted by molar-refractivity contribution is 7.13. The molecule has 2 heterocycles. The fourth-order valence-electron chi connectivity index (χ4n) is 2.48. The van der Waals surface area contributed by atoms with E-state index in [-0.39, 0.29) is 5.54 Å². The molecule has 0 bridgehead atoms. The Hall–Kier alpha value is -0.690. The van der Waals surface area contributed by atoms with Crippen molar-refractivity contribution >= 4 is 16.5 Å². The Kier molecular flexibility index (Phi) is 5.98. The number of hydrogen-bond acceptors (Lipinski definition) is 6. The summed E-state index contributed by atoms with van der Waals surface area (Å²) in [5.74, 6) is 0. The fourth-order valence-corrected chi connectivity index (χ4v) is 3.36. The zero-order chi connectivity index (χ0) is 15.3. The van der Waals surface area contributed by atoms with Crippen LogP contribution in [0, 0.1) is 0 Å². The Morgan fingerprint density at radius 1 is 1.29 bits per heavy atom. The second-order valence-electron chi connectivity index (χ2n) is 6.44. The number of ether oxygens (including phenoxy) is 1. The zero-order valence-electron chi connectivity index (χ0n) is 13.7. The van der Waals surface area contributed by atoms with Crippen LogP contribution in [0.5, 0.6) is 0 Å². The normalized spacial score (nSPS) is 17.4. The highest BCUT2D eigenvalue weighted by Crippen LogP contribution is 2.24. The monoisotopic (exact) mass is 312 g/mol. The molecule has 6 heteroatoms. The van der Waals surface area contributed by atoms with Gasteiger partial charge in [-0.15, -0.1) is 11.3 Å². The van der Waals surface area contributed by atoms with Crippen LogP contribution >= 0.6 is 11.3 Å². The van der Waals surface area contributed by atoms with Crippen LogP contribution in [-0.4, -0.2) is 61.9 Å². The third kappa shape index (κ3) is 4.92. The summed E-state index contributed by atoms with van der Waals surface area (Å²) < 4.78 is 5.02. The van der Waals surface area contributed by atoms with Gasteiger partial charge in [0, 0.05) is 57.3 Å². The number of nitrogens with one attached hydrogen (secondary N) is 1. The summed E-state index contributed by atoms with van der Waals surface area (Å²) in [5.41, 5.74) is 1.40. The van der Waals surface area contributed by atoms with Crippen molar-refractivity contribution in [3.63, 3.8) is 0 Å². The number of thiazole rings is 1. The van der Waals surface area contributed by atoms with Gasteiger partial charge in [0.1, 0.15) is 0 Å². The van der Waals surface area contributed by atoms with E-state index in [0.717, 1.165) is 56.7 Å². The number of anilines is 1. The number of piperazine rings is 1. The first-order valence-electron chi connectivity index (χ1n) is 7.65. The van der Waals surface area contributed by atoms with Crippen LogP contribution in [0.1, 0.15) is 26.5 Å². The van der Waals surface area contributed by atoms with E-state index in [1.54, 1.807) is 18.4 Å². The van der Waals surface area contributed by atoms with Crippen molar-refractivity contribution in [3.8, 4) is 0 Å². The number of methoxy groups -OCH3 is 1. The summed E-state index contributed by atoms with van der Waals surface area (Å²) in [7, 11) is 1.72. The van der Waals surface area contributed by atoms with Crippen molar-refractivity contribution in [2.24, 2.45) is 0 Å². The lowest BCUT2D eigenvalue weighted by Crippen LogP contribution is -2.53. The molecule has 1 aromatic rings. The summed E-state index contributed by atoms with van der Waals surface area (Å²) in [6.07, 6.45) is 0. The molecule has 120 valence electrons. The van der Waals surface area contributed by atoms with Gasteiger partial charge in [-0.2, -0.15) is 0 Å². The molecule has 1 fully saturated rings. The van der Waals surface area contributed by atoms with E-state index in [2.05, 4.69) is 41.3 Å². The van der Waals surface area contributed by atoms with E-state index in [0.29, 0.717) is 0 Å². The Balaban J connectivity index is 1.80. The molecule has 0 atom stereocenters. The van der Waals surface area contributed by atoms with Gasteiger partial charge in [-0.05, 0) is 20.8 Å². The van der Waals surface area contributed by atoms with Gasteiger partial charge in [-0.25, -0.2) is 4.98 Å². The second kappa shape index (κ2) is 7.54. The van der Waals surface area contributed by atoms with Gasteiger partial charge >= 0.3 is 0 Å². The summed E-state index contributed by atoms with van der Waals surface area (Å²) in [5, 5.41) is 6.66. The first-order valence-corrected chi connectivity index (χ1v) is 8.53. The second-order valence-corrected chi connectivity index (χ2v) is 7.27. The predicted molar refractivity (Wildman–Crippen MR) is 89.2 cm³/mol. The summed E-state index contributed by atoms with van der Waals surface area (Å²) in [4.78, 5) is 9.70. The predicted octanol–water partition coefficient (Wildman–Crippen LogP) is 1.80. The van der Waals surface area contributed by atoms with Crippen molar-refractivity contribution in [2.75, 3.05) is 51.3 Å². The van der Waals surface area contributed by atoms with Crippen LogP contribution in [-0.2, 0) is 11.3 Å². The smallest absolute Gasteiger partial charge is 0.185 e. The third-order valence-corrected chi connectivity index (χ3v) is 4.78. The molecule has 0 unspecified atom stereocenters. The van der Waals surface area contributed by atoms with Gasteiger partial charge in [-0.3, -0.25) is 4.90 Å². The minimum absolute atomic E-state index is 0.269. The van der Waals surface area contributed by atoms with Crippen molar-refractivity contribution in [1.29, 1.82) is 0 Å². The number of nitrogens with zero attached hydrogens (tertiary/aromatic N) is 3. The maximum atomic E-state index is 5.02. The molecule has 0 saturated carbocycles. The minimum Gasteiger partial charge on any atom is -0.383 e. The molecule has 1 aliphatic heterocycles. The van der Waals surface area contributed by atoms with Crippen LogP contribution in [0.2, 0.25) is 0 Å². The van der Waals surface area contributed by atoms with E-state index < -0.39 is 0 Å². The molecule has 0 aromatic carbocycles. The Morgan fingerprint density at radius 3 is 2.62 bits per heavy atom. The van der Waals surface area contributed by atoms with Crippen LogP contribution in [0.4, 0.5) is 5.13 Å². The van der Waals surface area contributed by atoms with Crippen LogP contribution < -0.4 is 10.2 Å². The Bertz CT molecular complexity index is 422. The van der Waals surface area contributed by atoms with E-state index in [1.807, 2.05) is 0 Å². The van der Waals surface area contributed by atoms with Crippen molar-refractivity contribution in [2.45, 2.75) is 32.9 Å². The molecular formula is C15H28N4OS. The fraction of sp³-hybridized carbons (Fsp3) is 0.800. The molecule has 2 rings (SSSR count). The zero-order valence-corrected chi connectivity index (χ0v) is 14.5. The van der Waals surface area contributed by atoms with Gasteiger partial charge in [-0.1, -0.05) is 0 Å². The minimum atomic E-state index is 0.269. The largest absolute Gasteiger partial charge is 0.383 e. The number of rotatable bonds is 6. The number of aromatic nitrogens is 1. The maximum Gasteiger partial charge on any atom is 0.185 e. The topological polar surface area (TPSA) is 40.6 Å². The molecular weight excluding hydrogens is 284 g/mol. The van der Waals surface area contributed by atoms with Crippen molar-refractivity contribution in [3.05, 3.63) is 11.1 Å². The molecule has 1 N–H and O–H groups in total. The molecule has 0 spiro atoms. The van der Waals surface area contributed by atoms with E-state index in [1.165, 1.54) is 0 Å². The quantitative estimate of drug-likeness (QED) is 0.811. The standard InChI is InChI=1S/C15H28N4OS/c1-15(2,3)19-8-6-18(7-9-19)14-17-13(12-21-14)11-16-5-10-20-4/h12,16H,5-11H2,1-4H3. The van der Waals surface area contributed by atoms with E-state index in [9.17, 15) is 0 Å². The highest BCUT2D eigenvalue weighted by Gasteiger charge is 2.26. The third-order valence-electron chi connectivity index (χ3n) is 3.83. The van der Waals surface area contributed by atoms with Crippen molar-refractivity contribution < 1.29 is 4.74 Å². The average Bonchev–Trinajstić information content (AvgIpc) is 2.92. The van der Waals surface area contributed by atoms with Crippen LogP contribution in [0.15, 0.2) is 5.38 Å². The molecule has 1 aliphatic rings. The van der Waals surface area contributed by atoms with Crippen LogP contribution in [0.3, 0.4) is 0 Å². The lowest BCUT2D eigenvalue weighted by molar-refractivity contribution is 0.128. The van der Waals surface area contributed by atoms with Gasteiger partial charge < -0.3 is 15.0 Å². The van der Waals surface area contributed by atoms with Crippen LogP contribution in [0.25, 0.3) is 0 Å². The SMILES string of the molecule is COCCNCc1csc(N2CCN(C(C)(C)C)CC2)n1. The van der Waals surface area contributed by atoms with Gasteiger partial charge in [0.05, 0.1) is 12.3 Å². The van der Waals surface area contributed by atoms with Gasteiger partial charge in [0.15, 0.2) is 5.13 Å². The summed E-state index contributed by atoms with van der Waals surface area (Å²) in [6, 6.07) is 0. The summed E-state index contributed by atoms with van der Waals surface area (Å²) in [6.45, 7) is 13.7. The molecule has 0 aliphatic carbocycles. The highest BCUT2D eigenvalue weighted by atomic mass is 32.1. The number of hydrogen-bond donors (Lipinski definition) is 1. The molecule has 0 amide bonds. The lowest BCUT2D eigenvalue weighted by Gasteiger charge is -2.42. The Morgan fingerprint density at radius 2 is 2.00 bits per heavy atom. The van der Waals surface area contributed by atoms with E-state index in [4.69, 9.17) is 9.72 Å². The van der Waals surface area contributed by atoms with E-state index >= 15 is 0 Å². The Labute approximate surface area is 132 Å². The summed E-state index contributed by atoms with van der Waals surface area (Å²) >= 11 is 1.75. The first-order chi connectivity index (χ1) is 10.0. The molecule has 1 saturated heterocycles.